The Kier molecular flexibility index (Phi) is 4.88. The highest BCUT2D eigenvalue weighted by molar-refractivity contribution is 4.96. The fraction of sp³-hybridized carbons (Fsp3) is 1.00. The highest BCUT2D eigenvalue weighted by Crippen LogP contribution is 2.31. The van der Waals surface area contributed by atoms with Crippen molar-refractivity contribution in [3.63, 3.8) is 0 Å². The maximum Gasteiger partial charge on any atom is 0.0269 e. The maximum atomic E-state index is 3.78. The van der Waals surface area contributed by atoms with Crippen LogP contribution in [0.25, 0.3) is 0 Å². The summed E-state index contributed by atoms with van der Waals surface area (Å²) in [5.41, 5.74) is 0.697. The first-order valence-electron chi connectivity index (χ1n) is 7.49. The van der Waals surface area contributed by atoms with Gasteiger partial charge in [-0.05, 0) is 16.7 Å². The fourth-order valence-electron chi connectivity index (χ4n) is 2.91. The largest absolute Gasteiger partial charge is 0.311 e. The van der Waals surface area contributed by atoms with Crippen molar-refractivity contribution in [1.29, 1.82) is 0 Å². The zero-order chi connectivity index (χ0) is 14.1. The monoisotopic (exact) mass is 254 g/mol. The second-order valence-electron chi connectivity index (χ2n) is 8.56. The molecular formula is C16H34N2. The smallest absolute Gasteiger partial charge is 0.0269 e. The van der Waals surface area contributed by atoms with E-state index in [1.807, 2.05) is 0 Å². The van der Waals surface area contributed by atoms with Crippen LogP contribution in [0.15, 0.2) is 0 Å². The highest BCUT2D eigenvalue weighted by Gasteiger charge is 2.38. The van der Waals surface area contributed by atoms with E-state index in [9.17, 15) is 0 Å². The first kappa shape index (κ1) is 16.0. The molecule has 1 N–H and O–H groups in total. The molecule has 0 aromatic carbocycles. The summed E-state index contributed by atoms with van der Waals surface area (Å²) in [5.74, 6) is 0.744. The summed E-state index contributed by atoms with van der Waals surface area (Å²) in [6, 6.07) is 1.26. The molecule has 18 heavy (non-hydrogen) atoms. The van der Waals surface area contributed by atoms with Crippen LogP contribution in [0.1, 0.15) is 55.4 Å². The molecule has 1 saturated heterocycles. The molecule has 0 aromatic rings. The molecule has 1 aliphatic rings. The highest BCUT2D eigenvalue weighted by atomic mass is 15.2. The SMILES string of the molecule is CC(C)CN1CC(C(C)(C)C)NCC1C(C)(C)C. The number of nitrogens with zero attached hydrogens (tertiary/aromatic N) is 1. The molecule has 0 aromatic heterocycles. The van der Waals surface area contributed by atoms with Gasteiger partial charge in [-0.15, -0.1) is 0 Å². The number of rotatable bonds is 2. The van der Waals surface area contributed by atoms with Gasteiger partial charge in [0.2, 0.25) is 0 Å². The lowest BCUT2D eigenvalue weighted by Crippen LogP contribution is -2.63. The van der Waals surface area contributed by atoms with E-state index in [1.165, 1.54) is 13.1 Å². The van der Waals surface area contributed by atoms with Gasteiger partial charge in [-0.1, -0.05) is 55.4 Å². The molecule has 108 valence electrons. The first-order chi connectivity index (χ1) is 8.01. The van der Waals surface area contributed by atoms with Gasteiger partial charge in [0.05, 0.1) is 0 Å². The van der Waals surface area contributed by atoms with Crippen LogP contribution in [-0.4, -0.2) is 36.6 Å². The topological polar surface area (TPSA) is 15.3 Å². The first-order valence-corrected chi connectivity index (χ1v) is 7.49. The quantitative estimate of drug-likeness (QED) is 0.813. The third-order valence-corrected chi connectivity index (χ3v) is 4.06. The van der Waals surface area contributed by atoms with Gasteiger partial charge < -0.3 is 5.32 Å². The van der Waals surface area contributed by atoms with Gasteiger partial charge in [0, 0.05) is 31.7 Å². The van der Waals surface area contributed by atoms with Crippen LogP contribution in [-0.2, 0) is 0 Å². The molecule has 2 heteroatoms. The van der Waals surface area contributed by atoms with Crippen molar-refractivity contribution in [3.8, 4) is 0 Å². The Bertz CT molecular complexity index is 257. The predicted molar refractivity (Wildman–Crippen MR) is 80.9 cm³/mol. The minimum Gasteiger partial charge on any atom is -0.311 e. The molecule has 0 bridgehead atoms. The summed E-state index contributed by atoms with van der Waals surface area (Å²) >= 11 is 0. The van der Waals surface area contributed by atoms with Crippen molar-refractivity contribution in [2.45, 2.75) is 67.5 Å². The third kappa shape index (κ3) is 4.24. The minimum atomic E-state index is 0.345. The molecule has 1 rings (SSSR count). The Labute approximate surface area is 115 Å². The standard InChI is InChI=1S/C16H34N2/c1-12(2)10-18-11-13(15(3,4)5)17-9-14(18)16(6,7)8/h12-14,17H,9-11H2,1-8H3. The van der Waals surface area contributed by atoms with Crippen LogP contribution < -0.4 is 5.32 Å². The van der Waals surface area contributed by atoms with Crippen LogP contribution in [0.5, 0.6) is 0 Å². The van der Waals surface area contributed by atoms with Gasteiger partial charge in [-0.25, -0.2) is 0 Å². The normalized spacial score (nSPS) is 27.8. The number of piperazine rings is 1. The molecular weight excluding hydrogens is 220 g/mol. The van der Waals surface area contributed by atoms with Crippen molar-refractivity contribution in [2.24, 2.45) is 16.7 Å². The summed E-state index contributed by atoms with van der Waals surface area (Å²) in [4.78, 5) is 2.72. The average Bonchev–Trinajstić information content (AvgIpc) is 2.13. The minimum absolute atomic E-state index is 0.345. The van der Waals surface area contributed by atoms with Crippen LogP contribution in [0.3, 0.4) is 0 Å². The van der Waals surface area contributed by atoms with Gasteiger partial charge >= 0.3 is 0 Å². The summed E-state index contributed by atoms with van der Waals surface area (Å²) in [6.45, 7) is 22.3. The molecule has 2 unspecified atom stereocenters. The van der Waals surface area contributed by atoms with Gasteiger partial charge in [-0.3, -0.25) is 4.90 Å². The van der Waals surface area contributed by atoms with E-state index < -0.39 is 0 Å². The van der Waals surface area contributed by atoms with E-state index in [1.54, 1.807) is 0 Å². The predicted octanol–water partition coefficient (Wildman–Crippen LogP) is 3.38. The Hall–Kier alpha value is -0.0800. The summed E-state index contributed by atoms with van der Waals surface area (Å²) < 4.78 is 0. The molecule has 1 fully saturated rings. The van der Waals surface area contributed by atoms with Crippen LogP contribution in [0.4, 0.5) is 0 Å². The van der Waals surface area contributed by atoms with Crippen LogP contribution in [0.2, 0.25) is 0 Å². The number of nitrogens with one attached hydrogen (secondary N) is 1. The number of hydrogen-bond donors (Lipinski definition) is 1. The molecule has 0 spiro atoms. The lowest BCUT2D eigenvalue weighted by molar-refractivity contribution is 0.0230. The molecule has 2 atom stereocenters. The van der Waals surface area contributed by atoms with Gasteiger partial charge in [-0.2, -0.15) is 0 Å². The molecule has 1 aliphatic heterocycles. The van der Waals surface area contributed by atoms with E-state index in [0.717, 1.165) is 12.5 Å². The van der Waals surface area contributed by atoms with Crippen LogP contribution >= 0.6 is 0 Å². The zero-order valence-corrected chi connectivity index (χ0v) is 13.8. The van der Waals surface area contributed by atoms with Crippen molar-refractivity contribution in [3.05, 3.63) is 0 Å². The van der Waals surface area contributed by atoms with Crippen molar-refractivity contribution < 1.29 is 0 Å². The van der Waals surface area contributed by atoms with Gasteiger partial charge in [0.1, 0.15) is 0 Å². The molecule has 0 saturated carbocycles. The van der Waals surface area contributed by atoms with Crippen LogP contribution in [0, 0.1) is 16.7 Å². The maximum absolute atomic E-state index is 3.78. The summed E-state index contributed by atoms with van der Waals surface area (Å²) in [5, 5.41) is 3.78. The average molecular weight is 254 g/mol. The van der Waals surface area contributed by atoms with Gasteiger partial charge in [0.25, 0.3) is 0 Å². The zero-order valence-electron chi connectivity index (χ0n) is 13.8. The molecule has 1 heterocycles. The lowest BCUT2D eigenvalue weighted by Gasteiger charge is -2.50. The Morgan fingerprint density at radius 1 is 1.06 bits per heavy atom. The number of hydrogen-bond acceptors (Lipinski definition) is 2. The Morgan fingerprint density at radius 2 is 1.61 bits per heavy atom. The second-order valence-corrected chi connectivity index (χ2v) is 8.56. The van der Waals surface area contributed by atoms with Crippen molar-refractivity contribution in [1.82, 2.24) is 10.2 Å². The van der Waals surface area contributed by atoms with E-state index in [2.05, 4.69) is 65.6 Å². The fourth-order valence-corrected chi connectivity index (χ4v) is 2.91. The van der Waals surface area contributed by atoms with E-state index >= 15 is 0 Å². The molecule has 0 amide bonds. The summed E-state index contributed by atoms with van der Waals surface area (Å²) in [6.07, 6.45) is 0. The lowest BCUT2D eigenvalue weighted by atomic mass is 9.79. The van der Waals surface area contributed by atoms with Crippen molar-refractivity contribution in [2.75, 3.05) is 19.6 Å². The molecule has 0 aliphatic carbocycles. The van der Waals surface area contributed by atoms with Gasteiger partial charge in [0.15, 0.2) is 0 Å². The molecule has 0 radical (unpaired) electrons. The Balaban J connectivity index is 2.80. The van der Waals surface area contributed by atoms with E-state index in [0.29, 0.717) is 22.9 Å². The van der Waals surface area contributed by atoms with E-state index in [4.69, 9.17) is 0 Å². The third-order valence-electron chi connectivity index (χ3n) is 4.06. The van der Waals surface area contributed by atoms with Crippen molar-refractivity contribution >= 4 is 0 Å². The Morgan fingerprint density at radius 3 is 2.00 bits per heavy atom. The second kappa shape index (κ2) is 5.50. The van der Waals surface area contributed by atoms with E-state index in [-0.39, 0.29) is 0 Å². The summed E-state index contributed by atoms with van der Waals surface area (Å²) in [7, 11) is 0. The molecule has 2 nitrogen and oxygen atoms in total.